The molecule has 96 valence electrons. The molecule has 0 atom stereocenters. The minimum Gasteiger partial charge on any atom is -0.312 e. The normalized spacial score (nSPS) is 11.7. The Morgan fingerprint density at radius 1 is 1.22 bits per heavy atom. The summed E-state index contributed by atoms with van der Waals surface area (Å²) in [6, 6.07) is 5.90. The highest BCUT2D eigenvalue weighted by Crippen LogP contribution is 2.19. The van der Waals surface area contributed by atoms with Gasteiger partial charge >= 0.3 is 0 Å². The predicted molar refractivity (Wildman–Crippen MR) is 76.8 cm³/mol. The van der Waals surface area contributed by atoms with Crippen LogP contribution < -0.4 is 5.32 Å². The molecule has 0 spiro atoms. The molecule has 0 aromatic carbocycles. The summed E-state index contributed by atoms with van der Waals surface area (Å²) >= 11 is 1.70. The lowest BCUT2D eigenvalue weighted by Crippen LogP contribution is -2.37. The third kappa shape index (κ3) is 3.89. The number of hydrogen-bond donors (Lipinski definition) is 1. The standard InChI is InChI=1S/C14H19N3S/c1-14(2,3)16-9-7-13-17-12(10-18-13)11-6-4-5-8-15-11/h4-6,8,10,16H,7,9H2,1-3H3. The molecule has 0 aliphatic heterocycles. The maximum Gasteiger partial charge on any atom is 0.0998 e. The van der Waals surface area contributed by atoms with Crippen molar-refractivity contribution in [2.75, 3.05) is 6.54 Å². The summed E-state index contributed by atoms with van der Waals surface area (Å²) in [4.78, 5) is 8.93. The van der Waals surface area contributed by atoms with E-state index in [9.17, 15) is 0 Å². The SMILES string of the molecule is CC(C)(C)NCCc1nc(-c2ccccn2)cs1. The van der Waals surface area contributed by atoms with Gasteiger partial charge in [0.25, 0.3) is 0 Å². The van der Waals surface area contributed by atoms with Crippen LogP contribution in [0, 0.1) is 0 Å². The van der Waals surface area contributed by atoms with Crippen LogP contribution in [0.15, 0.2) is 29.8 Å². The average molecular weight is 261 g/mol. The van der Waals surface area contributed by atoms with E-state index in [1.54, 1.807) is 17.5 Å². The van der Waals surface area contributed by atoms with Gasteiger partial charge in [-0.2, -0.15) is 0 Å². The summed E-state index contributed by atoms with van der Waals surface area (Å²) in [7, 11) is 0. The number of nitrogens with zero attached hydrogens (tertiary/aromatic N) is 2. The first kappa shape index (κ1) is 13.2. The van der Waals surface area contributed by atoms with E-state index in [1.807, 2.05) is 18.2 Å². The van der Waals surface area contributed by atoms with Crippen molar-refractivity contribution in [3.8, 4) is 11.4 Å². The Kier molecular flexibility index (Phi) is 4.09. The Bertz CT molecular complexity index is 485. The van der Waals surface area contributed by atoms with Gasteiger partial charge in [0, 0.05) is 30.1 Å². The van der Waals surface area contributed by atoms with Crippen molar-refractivity contribution >= 4 is 11.3 Å². The van der Waals surface area contributed by atoms with Gasteiger partial charge in [0.2, 0.25) is 0 Å². The monoisotopic (exact) mass is 261 g/mol. The van der Waals surface area contributed by atoms with Crippen LogP contribution in [0.25, 0.3) is 11.4 Å². The molecule has 0 saturated carbocycles. The summed E-state index contributed by atoms with van der Waals surface area (Å²) in [5.74, 6) is 0. The van der Waals surface area contributed by atoms with Crippen LogP contribution in [0.2, 0.25) is 0 Å². The molecule has 2 rings (SSSR count). The Morgan fingerprint density at radius 3 is 2.72 bits per heavy atom. The zero-order valence-electron chi connectivity index (χ0n) is 11.1. The highest BCUT2D eigenvalue weighted by Gasteiger charge is 2.09. The maximum atomic E-state index is 4.62. The molecule has 4 heteroatoms. The Hall–Kier alpha value is -1.26. The highest BCUT2D eigenvalue weighted by atomic mass is 32.1. The average Bonchev–Trinajstić information content (AvgIpc) is 2.77. The number of thiazole rings is 1. The molecule has 0 radical (unpaired) electrons. The predicted octanol–water partition coefficient (Wildman–Crippen LogP) is 3.14. The largest absolute Gasteiger partial charge is 0.312 e. The second-order valence-electron chi connectivity index (χ2n) is 5.27. The van der Waals surface area contributed by atoms with Gasteiger partial charge in [-0.3, -0.25) is 4.98 Å². The van der Waals surface area contributed by atoms with Crippen molar-refractivity contribution in [3.63, 3.8) is 0 Å². The molecular formula is C14H19N3S. The molecule has 18 heavy (non-hydrogen) atoms. The second-order valence-corrected chi connectivity index (χ2v) is 6.21. The van der Waals surface area contributed by atoms with Crippen molar-refractivity contribution in [2.45, 2.75) is 32.7 Å². The molecule has 2 aromatic rings. The number of hydrogen-bond acceptors (Lipinski definition) is 4. The fourth-order valence-electron chi connectivity index (χ4n) is 1.60. The number of rotatable bonds is 4. The summed E-state index contributed by atoms with van der Waals surface area (Å²) in [5, 5.41) is 6.71. The van der Waals surface area contributed by atoms with Crippen LogP contribution >= 0.6 is 11.3 Å². The lowest BCUT2D eigenvalue weighted by atomic mass is 10.1. The molecule has 0 saturated heterocycles. The third-order valence-corrected chi connectivity index (χ3v) is 3.38. The van der Waals surface area contributed by atoms with E-state index in [4.69, 9.17) is 0 Å². The Labute approximate surface area is 112 Å². The molecule has 0 aliphatic carbocycles. The second kappa shape index (κ2) is 5.59. The van der Waals surface area contributed by atoms with E-state index in [1.165, 1.54) is 0 Å². The molecule has 3 nitrogen and oxygen atoms in total. The number of pyridine rings is 1. The van der Waals surface area contributed by atoms with E-state index in [0.29, 0.717) is 0 Å². The maximum absolute atomic E-state index is 4.62. The van der Waals surface area contributed by atoms with Crippen LogP contribution in [0.1, 0.15) is 25.8 Å². The van der Waals surface area contributed by atoms with Crippen LogP contribution in [-0.4, -0.2) is 22.1 Å². The van der Waals surface area contributed by atoms with Gasteiger partial charge in [0.15, 0.2) is 0 Å². The summed E-state index contributed by atoms with van der Waals surface area (Å²) in [5.41, 5.74) is 2.09. The van der Waals surface area contributed by atoms with Crippen LogP contribution in [-0.2, 0) is 6.42 Å². The zero-order valence-corrected chi connectivity index (χ0v) is 11.9. The van der Waals surface area contributed by atoms with E-state index >= 15 is 0 Å². The van der Waals surface area contributed by atoms with Crippen LogP contribution in [0.5, 0.6) is 0 Å². The number of aromatic nitrogens is 2. The lowest BCUT2D eigenvalue weighted by Gasteiger charge is -2.19. The van der Waals surface area contributed by atoms with Crippen molar-refractivity contribution in [3.05, 3.63) is 34.8 Å². The summed E-state index contributed by atoms with van der Waals surface area (Å²) in [6.45, 7) is 7.48. The van der Waals surface area contributed by atoms with E-state index in [-0.39, 0.29) is 5.54 Å². The smallest absolute Gasteiger partial charge is 0.0998 e. The minimum atomic E-state index is 0.168. The number of nitrogens with one attached hydrogen (secondary N) is 1. The third-order valence-electron chi connectivity index (χ3n) is 2.47. The van der Waals surface area contributed by atoms with E-state index in [0.717, 1.165) is 29.4 Å². The quantitative estimate of drug-likeness (QED) is 0.919. The summed E-state index contributed by atoms with van der Waals surface area (Å²) in [6.07, 6.45) is 2.77. The highest BCUT2D eigenvalue weighted by molar-refractivity contribution is 7.09. The van der Waals surface area contributed by atoms with Gasteiger partial charge in [0.05, 0.1) is 16.4 Å². The van der Waals surface area contributed by atoms with Crippen LogP contribution in [0.3, 0.4) is 0 Å². The Morgan fingerprint density at radius 2 is 2.06 bits per heavy atom. The first-order valence-electron chi connectivity index (χ1n) is 6.15. The van der Waals surface area contributed by atoms with Gasteiger partial charge in [-0.15, -0.1) is 11.3 Å². The van der Waals surface area contributed by atoms with Crippen molar-refractivity contribution in [1.29, 1.82) is 0 Å². The molecule has 0 bridgehead atoms. The molecule has 0 aliphatic rings. The molecular weight excluding hydrogens is 242 g/mol. The Balaban J connectivity index is 1.95. The first-order valence-corrected chi connectivity index (χ1v) is 7.03. The van der Waals surface area contributed by atoms with Gasteiger partial charge in [-0.05, 0) is 32.9 Å². The minimum absolute atomic E-state index is 0.168. The lowest BCUT2D eigenvalue weighted by molar-refractivity contribution is 0.429. The molecule has 2 heterocycles. The van der Waals surface area contributed by atoms with Gasteiger partial charge in [-0.1, -0.05) is 6.07 Å². The van der Waals surface area contributed by atoms with Crippen molar-refractivity contribution < 1.29 is 0 Å². The fourth-order valence-corrected chi connectivity index (χ4v) is 2.39. The van der Waals surface area contributed by atoms with Crippen LogP contribution in [0.4, 0.5) is 0 Å². The summed E-state index contributed by atoms with van der Waals surface area (Å²) < 4.78 is 0. The topological polar surface area (TPSA) is 37.8 Å². The molecule has 0 unspecified atom stereocenters. The fraction of sp³-hybridized carbons (Fsp3) is 0.429. The molecule has 2 aromatic heterocycles. The molecule has 0 fully saturated rings. The van der Waals surface area contributed by atoms with Gasteiger partial charge in [-0.25, -0.2) is 4.98 Å². The van der Waals surface area contributed by atoms with Gasteiger partial charge in [0.1, 0.15) is 0 Å². The van der Waals surface area contributed by atoms with Gasteiger partial charge < -0.3 is 5.32 Å². The van der Waals surface area contributed by atoms with E-state index < -0.39 is 0 Å². The van der Waals surface area contributed by atoms with E-state index in [2.05, 4.69) is 41.4 Å². The first-order chi connectivity index (χ1) is 8.54. The van der Waals surface area contributed by atoms with Crippen molar-refractivity contribution in [1.82, 2.24) is 15.3 Å². The molecule has 0 amide bonds. The zero-order chi connectivity index (χ0) is 13.0. The molecule has 1 N–H and O–H groups in total. The van der Waals surface area contributed by atoms with Crippen molar-refractivity contribution in [2.24, 2.45) is 0 Å².